The minimum absolute atomic E-state index is 0.122. The second-order valence-corrected chi connectivity index (χ2v) is 4.46. The van der Waals surface area contributed by atoms with Gasteiger partial charge >= 0.3 is 5.69 Å². The minimum atomic E-state index is -0.511. The first-order valence-corrected chi connectivity index (χ1v) is 6.11. The first-order valence-electron chi connectivity index (χ1n) is 5.16. The van der Waals surface area contributed by atoms with Crippen LogP contribution >= 0.6 is 11.3 Å². The Hall–Kier alpha value is -2.15. The third-order valence-corrected chi connectivity index (χ3v) is 3.06. The molecular weight excluding hydrogens is 254 g/mol. The molecule has 0 bridgehead atoms. The number of anilines is 1. The number of hydrogen-bond acceptors (Lipinski definition) is 4. The summed E-state index contributed by atoms with van der Waals surface area (Å²) in [5.74, 6) is -0.311. The summed E-state index contributed by atoms with van der Waals surface area (Å²) in [6.07, 6.45) is 1.32. The van der Waals surface area contributed by atoms with E-state index in [0.717, 1.165) is 4.57 Å². The number of aromatic nitrogens is 2. The topological polar surface area (TPSA) is 73.1 Å². The number of rotatable bonds is 3. The SMILES string of the molecule is Cn1c(=O)ccn(CC(=O)Nc2ccsc2)c1=O. The molecular formula is C11H11N3O3S. The van der Waals surface area contributed by atoms with Crippen molar-refractivity contribution in [3.63, 3.8) is 0 Å². The molecule has 6 nitrogen and oxygen atoms in total. The van der Waals surface area contributed by atoms with Crippen molar-refractivity contribution < 1.29 is 4.79 Å². The number of carbonyl (C=O) groups excluding carboxylic acids is 1. The van der Waals surface area contributed by atoms with Crippen LogP contribution in [0.4, 0.5) is 5.69 Å². The zero-order valence-corrected chi connectivity index (χ0v) is 10.4. The largest absolute Gasteiger partial charge is 0.331 e. The monoisotopic (exact) mass is 265 g/mol. The summed E-state index contributed by atoms with van der Waals surface area (Å²) in [4.78, 5) is 34.5. The zero-order chi connectivity index (χ0) is 13.1. The Labute approximate surface area is 106 Å². The lowest BCUT2D eigenvalue weighted by Gasteiger charge is -2.06. The summed E-state index contributed by atoms with van der Waals surface area (Å²) in [5.41, 5.74) is -0.208. The fourth-order valence-electron chi connectivity index (χ4n) is 1.43. The molecule has 2 aromatic rings. The number of hydrogen-bond donors (Lipinski definition) is 1. The second-order valence-electron chi connectivity index (χ2n) is 3.68. The Morgan fingerprint density at radius 1 is 1.39 bits per heavy atom. The molecule has 0 aliphatic carbocycles. The molecule has 0 saturated heterocycles. The van der Waals surface area contributed by atoms with E-state index in [1.165, 1.54) is 35.2 Å². The fourth-order valence-corrected chi connectivity index (χ4v) is 2.02. The van der Waals surface area contributed by atoms with Crippen molar-refractivity contribution in [3.05, 3.63) is 49.9 Å². The molecule has 0 atom stereocenters. The number of nitrogens with zero attached hydrogens (tertiary/aromatic N) is 2. The molecule has 0 radical (unpaired) electrons. The molecule has 0 aliphatic heterocycles. The van der Waals surface area contributed by atoms with E-state index < -0.39 is 11.2 Å². The fraction of sp³-hybridized carbons (Fsp3) is 0.182. The van der Waals surface area contributed by atoms with Crippen LogP contribution in [-0.4, -0.2) is 15.0 Å². The number of amides is 1. The van der Waals surface area contributed by atoms with Crippen LogP contribution in [0.3, 0.4) is 0 Å². The lowest BCUT2D eigenvalue weighted by molar-refractivity contribution is -0.116. The second kappa shape index (κ2) is 5.01. The Morgan fingerprint density at radius 3 is 2.83 bits per heavy atom. The highest BCUT2D eigenvalue weighted by Gasteiger charge is 2.07. The van der Waals surface area contributed by atoms with Crippen molar-refractivity contribution in [2.75, 3.05) is 5.32 Å². The van der Waals surface area contributed by atoms with E-state index in [-0.39, 0.29) is 12.5 Å². The highest BCUT2D eigenvalue weighted by Crippen LogP contribution is 2.11. The van der Waals surface area contributed by atoms with Crippen LogP contribution in [0, 0.1) is 0 Å². The van der Waals surface area contributed by atoms with E-state index in [2.05, 4.69) is 5.32 Å². The van der Waals surface area contributed by atoms with Gasteiger partial charge in [-0.05, 0) is 11.4 Å². The van der Waals surface area contributed by atoms with Gasteiger partial charge in [-0.2, -0.15) is 11.3 Å². The molecule has 2 heterocycles. The van der Waals surface area contributed by atoms with E-state index in [1.54, 1.807) is 11.4 Å². The zero-order valence-electron chi connectivity index (χ0n) is 9.62. The summed E-state index contributed by atoms with van der Waals surface area (Å²) in [6.45, 7) is -0.122. The third kappa shape index (κ3) is 2.57. The molecule has 7 heteroatoms. The minimum Gasteiger partial charge on any atom is -0.324 e. The summed E-state index contributed by atoms with van der Waals surface area (Å²) in [7, 11) is 1.37. The molecule has 0 spiro atoms. The molecule has 1 N–H and O–H groups in total. The van der Waals surface area contributed by atoms with Crippen LogP contribution in [0.25, 0.3) is 0 Å². The summed E-state index contributed by atoms with van der Waals surface area (Å²) in [5, 5.41) is 6.29. The Bertz CT molecular complexity index is 670. The van der Waals surface area contributed by atoms with Gasteiger partial charge < -0.3 is 5.32 Å². The van der Waals surface area contributed by atoms with Crippen LogP contribution in [0.5, 0.6) is 0 Å². The van der Waals surface area contributed by atoms with Crippen LogP contribution < -0.4 is 16.6 Å². The van der Waals surface area contributed by atoms with Crippen LogP contribution in [-0.2, 0) is 18.4 Å². The third-order valence-electron chi connectivity index (χ3n) is 2.38. The van der Waals surface area contributed by atoms with Crippen molar-refractivity contribution in [1.82, 2.24) is 9.13 Å². The normalized spacial score (nSPS) is 10.3. The lowest BCUT2D eigenvalue weighted by Crippen LogP contribution is -2.38. The van der Waals surface area contributed by atoms with Gasteiger partial charge in [-0.3, -0.25) is 18.7 Å². The lowest BCUT2D eigenvalue weighted by atomic mass is 10.4. The predicted octanol–water partition coefficient (Wildman–Crippen LogP) is 0.247. The van der Waals surface area contributed by atoms with Gasteiger partial charge in [0.2, 0.25) is 5.91 Å². The van der Waals surface area contributed by atoms with Crippen LogP contribution in [0.2, 0.25) is 0 Å². The van der Waals surface area contributed by atoms with Crippen molar-refractivity contribution in [2.45, 2.75) is 6.54 Å². The first kappa shape index (κ1) is 12.3. The van der Waals surface area contributed by atoms with Gasteiger partial charge in [0.15, 0.2) is 0 Å². The molecule has 18 heavy (non-hydrogen) atoms. The van der Waals surface area contributed by atoms with Gasteiger partial charge in [0, 0.05) is 24.7 Å². The molecule has 0 unspecified atom stereocenters. The van der Waals surface area contributed by atoms with E-state index in [0.29, 0.717) is 5.69 Å². The van der Waals surface area contributed by atoms with E-state index in [1.807, 2.05) is 5.38 Å². The molecule has 2 aromatic heterocycles. The van der Waals surface area contributed by atoms with Gasteiger partial charge in [-0.1, -0.05) is 0 Å². The van der Waals surface area contributed by atoms with Crippen LogP contribution in [0.15, 0.2) is 38.7 Å². The van der Waals surface area contributed by atoms with E-state index >= 15 is 0 Å². The predicted molar refractivity (Wildman–Crippen MR) is 68.9 cm³/mol. The Balaban J connectivity index is 2.15. The van der Waals surface area contributed by atoms with Crippen molar-refractivity contribution in [3.8, 4) is 0 Å². The van der Waals surface area contributed by atoms with E-state index in [4.69, 9.17) is 0 Å². The molecule has 0 fully saturated rings. The van der Waals surface area contributed by atoms with Gasteiger partial charge in [0.05, 0.1) is 5.69 Å². The number of carbonyl (C=O) groups is 1. The summed E-state index contributed by atoms with van der Waals surface area (Å²) >= 11 is 1.47. The molecule has 94 valence electrons. The number of nitrogens with one attached hydrogen (secondary N) is 1. The Kier molecular flexibility index (Phi) is 3.42. The van der Waals surface area contributed by atoms with Crippen molar-refractivity contribution in [1.29, 1.82) is 0 Å². The maximum Gasteiger partial charge on any atom is 0.331 e. The molecule has 0 aliphatic rings. The summed E-state index contributed by atoms with van der Waals surface area (Å²) in [6, 6.07) is 3.02. The van der Waals surface area contributed by atoms with Crippen LogP contribution in [0.1, 0.15) is 0 Å². The maximum atomic E-state index is 11.7. The van der Waals surface area contributed by atoms with Crippen molar-refractivity contribution >= 4 is 22.9 Å². The van der Waals surface area contributed by atoms with Gasteiger partial charge in [-0.25, -0.2) is 4.79 Å². The maximum absolute atomic E-state index is 11.7. The van der Waals surface area contributed by atoms with Gasteiger partial charge in [0.1, 0.15) is 6.54 Å². The van der Waals surface area contributed by atoms with Gasteiger partial charge in [0.25, 0.3) is 5.56 Å². The molecule has 1 amide bonds. The summed E-state index contributed by atoms with van der Waals surface area (Å²) < 4.78 is 2.14. The Morgan fingerprint density at radius 2 is 2.17 bits per heavy atom. The molecule has 0 aromatic carbocycles. The average molecular weight is 265 g/mol. The number of thiophene rings is 1. The van der Waals surface area contributed by atoms with E-state index in [9.17, 15) is 14.4 Å². The average Bonchev–Trinajstić information content (AvgIpc) is 2.83. The molecule has 0 saturated carbocycles. The highest BCUT2D eigenvalue weighted by atomic mass is 32.1. The molecule has 2 rings (SSSR count). The van der Waals surface area contributed by atoms with Gasteiger partial charge in [-0.15, -0.1) is 0 Å². The van der Waals surface area contributed by atoms with Crippen molar-refractivity contribution in [2.24, 2.45) is 7.05 Å². The highest BCUT2D eigenvalue weighted by molar-refractivity contribution is 7.08. The quantitative estimate of drug-likeness (QED) is 0.864. The standard InChI is InChI=1S/C11H11N3O3S/c1-13-10(16)2-4-14(11(13)17)6-9(15)12-8-3-5-18-7-8/h2-5,7H,6H2,1H3,(H,12,15). The first-order chi connectivity index (χ1) is 8.58. The smallest absolute Gasteiger partial charge is 0.324 e.